The summed E-state index contributed by atoms with van der Waals surface area (Å²) < 4.78 is 16.5. The van der Waals surface area contributed by atoms with Gasteiger partial charge in [-0.3, -0.25) is 14.2 Å². The molecule has 0 amide bonds. The van der Waals surface area contributed by atoms with Crippen molar-refractivity contribution < 1.29 is 34.0 Å². The highest BCUT2D eigenvalue weighted by molar-refractivity contribution is 5.81. The fourth-order valence-electron chi connectivity index (χ4n) is 2.71. The molecule has 146 valence electrons. The van der Waals surface area contributed by atoms with E-state index >= 15 is 0 Å². The van der Waals surface area contributed by atoms with Crippen LogP contribution < -0.4 is 5.73 Å². The summed E-state index contributed by atoms with van der Waals surface area (Å²) in [5, 5.41) is 20.5. The van der Waals surface area contributed by atoms with Crippen LogP contribution >= 0.6 is 0 Å². The van der Waals surface area contributed by atoms with Crippen LogP contribution in [0.25, 0.3) is 11.2 Å². The maximum absolute atomic E-state index is 11.7. The number of ether oxygens (including phenoxy) is 3. The summed E-state index contributed by atoms with van der Waals surface area (Å²) in [6.45, 7) is -0.293. The number of aromatic nitrogens is 4. The van der Waals surface area contributed by atoms with E-state index in [0.717, 1.165) is 0 Å². The molecule has 3 heterocycles. The van der Waals surface area contributed by atoms with Crippen LogP contribution in [0.4, 0.5) is 5.82 Å². The van der Waals surface area contributed by atoms with Gasteiger partial charge in [0.25, 0.3) is 0 Å². The number of hydrogen-bond donors (Lipinski definition) is 3. The van der Waals surface area contributed by atoms with Gasteiger partial charge in [-0.2, -0.15) is 0 Å². The molecule has 1 fully saturated rings. The maximum atomic E-state index is 11.7. The molecule has 4 N–H and O–H groups in total. The molecule has 0 radical (unpaired) electrons. The van der Waals surface area contributed by atoms with Gasteiger partial charge < -0.3 is 30.2 Å². The Hall–Kier alpha value is -2.83. The second-order valence-electron chi connectivity index (χ2n) is 5.89. The van der Waals surface area contributed by atoms with Crippen molar-refractivity contribution in [3.8, 4) is 0 Å². The van der Waals surface area contributed by atoms with E-state index in [0.29, 0.717) is 11.2 Å². The number of nitrogen functional groups attached to an aromatic ring is 1. The predicted octanol–water partition coefficient (Wildman–Crippen LogP) is -1.48. The topological polar surface area (TPSA) is 172 Å². The molecule has 12 nitrogen and oxygen atoms in total. The highest BCUT2D eigenvalue weighted by atomic mass is 16.6. The number of rotatable bonds is 6. The zero-order valence-corrected chi connectivity index (χ0v) is 14.4. The van der Waals surface area contributed by atoms with Crippen molar-refractivity contribution in [1.29, 1.82) is 0 Å². The quantitative estimate of drug-likeness (QED) is 0.498. The SMILES string of the molecule is COC(=O)CCC(=O)OCC1OC(n2cnc3c(N)ncnc32)C(O)C1O. The molecule has 0 bridgehead atoms. The number of carbonyl (C=O) groups excluding carboxylic acids is 2. The molecule has 12 heteroatoms. The summed E-state index contributed by atoms with van der Waals surface area (Å²) in [5.74, 6) is -1.02. The molecule has 0 saturated carbocycles. The molecule has 27 heavy (non-hydrogen) atoms. The summed E-state index contributed by atoms with van der Waals surface area (Å²) in [6.07, 6.45) is -2.25. The predicted molar refractivity (Wildman–Crippen MR) is 87.9 cm³/mol. The van der Waals surface area contributed by atoms with Crippen LogP contribution in [0.1, 0.15) is 19.1 Å². The van der Waals surface area contributed by atoms with E-state index < -0.39 is 36.5 Å². The molecule has 0 aromatic carbocycles. The van der Waals surface area contributed by atoms with Gasteiger partial charge in [0.1, 0.15) is 36.8 Å². The second kappa shape index (κ2) is 7.82. The number of aliphatic hydroxyl groups excluding tert-OH is 2. The number of methoxy groups -OCH3 is 1. The van der Waals surface area contributed by atoms with E-state index in [1.54, 1.807) is 0 Å². The van der Waals surface area contributed by atoms with Gasteiger partial charge in [-0.25, -0.2) is 15.0 Å². The molecule has 3 rings (SSSR count). The van der Waals surface area contributed by atoms with Gasteiger partial charge in [0, 0.05) is 0 Å². The number of aliphatic hydroxyl groups is 2. The van der Waals surface area contributed by atoms with Crippen LogP contribution in [0.3, 0.4) is 0 Å². The minimum Gasteiger partial charge on any atom is -0.469 e. The Kier molecular flexibility index (Phi) is 5.48. The standard InChI is InChI=1S/C15H19N5O7/c1-25-8(21)2-3-9(22)26-4-7-11(23)12(24)15(27-7)20-6-19-10-13(16)17-5-18-14(10)20/h5-7,11-12,15,23-24H,2-4H2,1H3,(H2,16,17,18). The van der Waals surface area contributed by atoms with Gasteiger partial charge in [0.05, 0.1) is 26.3 Å². The van der Waals surface area contributed by atoms with Gasteiger partial charge in [-0.15, -0.1) is 0 Å². The largest absolute Gasteiger partial charge is 0.469 e. The maximum Gasteiger partial charge on any atom is 0.306 e. The number of fused-ring (bicyclic) bond motifs is 1. The monoisotopic (exact) mass is 381 g/mol. The summed E-state index contributed by atoms with van der Waals surface area (Å²) in [7, 11) is 1.22. The fraction of sp³-hybridized carbons (Fsp3) is 0.533. The average molecular weight is 381 g/mol. The van der Waals surface area contributed by atoms with Crippen LogP contribution in [-0.2, 0) is 23.8 Å². The number of hydrogen-bond acceptors (Lipinski definition) is 11. The third-order valence-corrected chi connectivity index (χ3v) is 4.17. The van der Waals surface area contributed by atoms with Crippen LogP contribution in [0.15, 0.2) is 12.7 Å². The van der Waals surface area contributed by atoms with E-state index in [2.05, 4.69) is 19.7 Å². The van der Waals surface area contributed by atoms with Gasteiger partial charge >= 0.3 is 11.9 Å². The van der Waals surface area contributed by atoms with Crippen molar-refractivity contribution in [2.75, 3.05) is 19.5 Å². The molecule has 1 aliphatic rings. The lowest BCUT2D eigenvalue weighted by Crippen LogP contribution is -2.34. The minimum atomic E-state index is -1.31. The van der Waals surface area contributed by atoms with Crippen molar-refractivity contribution in [2.24, 2.45) is 0 Å². The van der Waals surface area contributed by atoms with Crippen molar-refractivity contribution in [3.63, 3.8) is 0 Å². The highest BCUT2D eigenvalue weighted by Gasteiger charge is 2.44. The molecule has 1 saturated heterocycles. The van der Waals surface area contributed by atoms with Crippen molar-refractivity contribution in [2.45, 2.75) is 37.4 Å². The molecule has 0 aliphatic carbocycles. The smallest absolute Gasteiger partial charge is 0.306 e. The summed E-state index contributed by atoms with van der Waals surface area (Å²) in [6, 6.07) is 0. The highest BCUT2D eigenvalue weighted by Crippen LogP contribution is 2.32. The Bertz CT molecular complexity index is 841. The molecule has 4 atom stereocenters. The number of nitrogens with two attached hydrogens (primary N) is 1. The van der Waals surface area contributed by atoms with Gasteiger partial charge in [-0.1, -0.05) is 0 Å². The van der Waals surface area contributed by atoms with Crippen molar-refractivity contribution in [3.05, 3.63) is 12.7 Å². The molecule has 2 aromatic heterocycles. The Balaban J connectivity index is 1.64. The molecular formula is C15H19N5O7. The lowest BCUT2D eigenvalue weighted by atomic mass is 10.1. The van der Waals surface area contributed by atoms with Crippen LogP contribution in [0.2, 0.25) is 0 Å². The lowest BCUT2D eigenvalue weighted by molar-refractivity contribution is -0.153. The summed E-state index contributed by atoms with van der Waals surface area (Å²) in [4.78, 5) is 34.6. The van der Waals surface area contributed by atoms with E-state index in [4.69, 9.17) is 15.2 Å². The van der Waals surface area contributed by atoms with Crippen LogP contribution in [-0.4, -0.2) is 73.7 Å². The zero-order chi connectivity index (χ0) is 19.6. The van der Waals surface area contributed by atoms with E-state index in [1.807, 2.05) is 0 Å². The van der Waals surface area contributed by atoms with E-state index in [1.165, 1.54) is 24.3 Å². The second-order valence-corrected chi connectivity index (χ2v) is 5.89. The molecular weight excluding hydrogens is 362 g/mol. The first-order valence-electron chi connectivity index (χ1n) is 8.09. The zero-order valence-electron chi connectivity index (χ0n) is 14.4. The Morgan fingerprint density at radius 2 is 1.96 bits per heavy atom. The third kappa shape index (κ3) is 3.82. The van der Waals surface area contributed by atoms with Crippen molar-refractivity contribution >= 4 is 28.9 Å². The van der Waals surface area contributed by atoms with E-state index in [9.17, 15) is 19.8 Å². The van der Waals surface area contributed by atoms with Gasteiger partial charge in [0.2, 0.25) is 0 Å². The van der Waals surface area contributed by atoms with Gasteiger partial charge in [-0.05, 0) is 0 Å². The minimum absolute atomic E-state index is 0.114. The first kappa shape index (κ1) is 18.9. The van der Waals surface area contributed by atoms with Gasteiger partial charge in [0.15, 0.2) is 17.7 Å². The summed E-state index contributed by atoms with van der Waals surface area (Å²) >= 11 is 0. The number of anilines is 1. The Morgan fingerprint density at radius 3 is 2.70 bits per heavy atom. The first-order chi connectivity index (χ1) is 12.9. The Labute approximate surface area is 152 Å². The van der Waals surface area contributed by atoms with Crippen LogP contribution in [0, 0.1) is 0 Å². The molecule has 2 aromatic rings. The van der Waals surface area contributed by atoms with Crippen LogP contribution in [0.5, 0.6) is 0 Å². The van der Waals surface area contributed by atoms with Crippen molar-refractivity contribution in [1.82, 2.24) is 19.5 Å². The number of carbonyl (C=O) groups is 2. The molecule has 1 aliphatic heterocycles. The Morgan fingerprint density at radius 1 is 1.22 bits per heavy atom. The normalized spacial score (nSPS) is 24.9. The lowest BCUT2D eigenvalue weighted by Gasteiger charge is -2.16. The number of imidazole rings is 1. The third-order valence-electron chi connectivity index (χ3n) is 4.17. The fourth-order valence-corrected chi connectivity index (χ4v) is 2.71. The molecule has 4 unspecified atom stereocenters. The number of esters is 2. The first-order valence-corrected chi connectivity index (χ1v) is 8.09. The van der Waals surface area contributed by atoms with E-state index in [-0.39, 0.29) is 25.3 Å². The summed E-state index contributed by atoms with van der Waals surface area (Å²) in [5.41, 5.74) is 6.39. The molecule has 0 spiro atoms. The average Bonchev–Trinajstić information content (AvgIpc) is 3.21. The number of nitrogens with zero attached hydrogens (tertiary/aromatic N) is 4.